The highest BCUT2D eigenvalue weighted by Crippen LogP contribution is 2.22. The fraction of sp³-hybridized carbons (Fsp3) is 0.529. The van der Waals surface area contributed by atoms with Crippen LogP contribution in [0, 0.1) is 5.92 Å². The van der Waals surface area contributed by atoms with E-state index >= 15 is 0 Å². The van der Waals surface area contributed by atoms with Gasteiger partial charge in [-0.3, -0.25) is 9.69 Å². The number of amides is 1. The lowest BCUT2D eigenvalue weighted by Crippen LogP contribution is -2.32. The van der Waals surface area contributed by atoms with Crippen LogP contribution in [0.25, 0.3) is 0 Å². The minimum atomic E-state index is 0.0317. The Hall–Kier alpha value is -0.890. The van der Waals surface area contributed by atoms with Crippen LogP contribution in [0.5, 0.6) is 0 Å². The van der Waals surface area contributed by atoms with Crippen LogP contribution in [-0.4, -0.2) is 34.6 Å². The molecule has 1 amide bonds. The molecule has 0 aliphatic carbocycles. The van der Waals surface area contributed by atoms with Gasteiger partial charge in [0.05, 0.1) is 11.4 Å². The SMILES string of the molecule is CC1CCN(Cc2csc(NC(=O)CSCc3cccs3)n2)CC1. The fourth-order valence-corrected chi connectivity index (χ4v) is 5.07. The molecule has 3 rings (SSSR count). The molecule has 3 heterocycles. The molecule has 0 aromatic carbocycles. The van der Waals surface area contributed by atoms with Crippen molar-refractivity contribution in [3.05, 3.63) is 33.5 Å². The number of hydrogen-bond acceptors (Lipinski definition) is 6. The van der Waals surface area contributed by atoms with Crippen LogP contribution in [0.2, 0.25) is 0 Å². The number of thiazole rings is 1. The first-order valence-corrected chi connectivity index (χ1v) is 11.2. The van der Waals surface area contributed by atoms with Gasteiger partial charge in [0.1, 0.15) is 0 Å². The van der Waals surface area contributed by atoms with Gasteiger partial charge >= 0.3 is 0 Å². The number of hydrogen-bond donors (Lipinski definition) is 1. The number of nitrogens with zero attached hydrogens (tertiary/aromatic N) is 2. The molecule has 1 aliphatic rings. The lowest BCUT2D eigenvalue weighted by Gasteiger charge is -2.29. The van der Waals surface area contributed by atoms with Gasteiger partial charge in [-0.25, -0.2) is 4.98 Å². The zero-order chi connectivity index (χ0) is 16.8. The zero-order valence-corrected chi connectivity index (χ0v) is 16.3. The summed E-state index contributed by atoms with van der Waals surface area (Å²) in [5, 5.41) is 7.77. The van der Waals surface area contributed by atoms with Crippen molar-refractivity contribution < 1.29 is 4.79 Å². The summed E-state index contributed by atoms with van der Waals surface area (Å²) >= 11 is 4.89. The summed E-state index contributed by atoms with van der Waals surface area (Å²) in [6, 6.07) is 4.14. The van der Waals surface area contributed by atoms with Crippen LogP contribution in [0.3, 0.4) is 0 Å². The summed E-state index contributed by atoms with van der Waals surface area (Å²) in [4.78, 5) is 20.3. The molecule has 1 aliphatic heterocycles. The number of aromatic nitrogens is 1. The van der Waals surface area contributed by atoms with Crippen molar-refractivity contribution in [3.63, 3.8) is 0 Å². The third-order valence-electron chi connectivity index (χ3n) is 4.12. The summed E-state index contributed by atoms with van der Waals surface area (Å²) in [5.74, 6) is 2.24. The number of likely N-dealkylation sites (tertiary alicyclic amines) is 1. The maximum atomic E-state index is 12.0. The molecule has 0 unspecified atom stereocenters. The number of carbonyl (C=O) groups excluding carboxylic acids is 1. The second kappa shape index (κ2) is 8.99. The molecule has 2 aromatic rings. The maximum absolute atomic E-state index is 12.0. The predicted molar refractivity (Wildman–Crippen MR) is 105 cm³/mol. The molecule has 0 saturated carbocycles. The van der Waals surface area contributed by atoms with Gasteiger partial charge in [0, 0.05) is 22.6 Å². The zero-order valence-electron chi connectivity index (χ0n) is 13.9. The van der Waals surface area contributed by atoms with Gasteiger partial charge in [0.25, 0.3) is 0 Å². The Kier molecular flexibility index (Phi) is 6.71. The van der Waals surface area contributed by atoms with Crippen molar-refractivity contribution in [2.45, 2.75) is 32.1 Å². The van der Waals surface area contributed by atoms with Gasteiger partial charge in [-0.1, -0.05) is 13.0 Å². The Labute approximate surface area is 155 Å². The van der Waals surface area contributed by atoms with E-state index in [1.165, 1.54) is 29.1 Å². The van der Waals surface area contributed by atoms with Crippen molar-refractivity contribution in [3.8, 4) is 0 Å². The van der Waals surface area contributed by atoms with Gasteiger partial charge in [-0.2, -0.15) is 0 Å². The minimum absolute atomic E-state index is 0.0317. The molecule has 4 nitrogen and oxygen atoms in total. The number of carbonyl (C=O) groups is 1. The van der Waals surface area contributed by atoms with E-state index in [-0.39, 0.29) is 5.91 Å². The Balaban J connectivity index is 1.39. The molecule has 1 saturated heterocycles. The van der Waals surface area contributed by atoms with E-state index in [0.717, 1.165) is 42.1 Å². The minimum Gasteiger partial charge on any atom is -0.301 e. The van der Waals surface area contributed by atoms with Gasteiger partial charge in [0.2, 0.25) is 5.91 Å². The first kappa shape index (κ1) is 17.9. The number of rotatable bonds is 7. The second-order valence-corrected chi connectivity index (χ2v) is 9.10. The average molecular weight is 382 g/mol. The van der Waals surface area contributed by atoms with Crippen LogP contribution in [-0.2, 0) is 17.1 Å². The van der Waals surface area contributed by atoms with Crippen LogP contribution in [0.4, 0.5) is 5.13 Å². The summed E-state index contributed by atoms with van der Waals surface area (Å²) in [5.41, 5.74) is 1.07. The van der Waals surface area contributed by atoms with Crippen LogP contribution < -0.4 is 5.32 Å². The Bertz CT molecular complexity index is 633. The summed E-state index contributed by atoms with van der Waals surface area (Å²) in [6.45, 7) is 5.52. The van der Waals surface area contributed by atoms with Crippen molar-refractivity contribution in [2.75, 3.05) is 24.2 Å². The van der Waals surface area contributed by atoms with Crippen LogP contribution in [0.1, 0.15) is 30.3 Å². The van der Waals surface area contributed by atoms with Crippen molar-refractivity contribution in [1.29, 1.82) is 0 Å². The van der Waals surface area contributed by atoms with Gasteiger partial charge in [0.15, 0.2) is 5.13 Å². The van der Waals surface area contributed by atoms with Gasteiger partial charge in [-0.05, 0) is 43.3 Å². The van der Waals surface area contributed by atoms with Gasteiger partial charge < -0.3 is 5.32 Å². The standard InChI is InChI=1S/C17H23N3OS3/c1-13-4-6-20(7-5-13)9-14-10-24-17(18-14)19-16(21)12-22-11-15-3-2-8-23-15/h2-3,8,10,13H,4-7,9,11-12H2,1H3,(H,18,19,21). The molecule has 0 spiro atoms. The quantitative estimate of drug-likeness (QED) is 0.776. The molecule has 0 bridgehead atoms. The third-order valence-corrected chi connectivity index (χ3v) is 6.96. The molecule has 24 heavy (non-hydrogen) atoms. The summed E-state index contributed by atoms with van der Waals surface area (Å²) < 4.78 is 0. The molecular weight excluding hydrogens is 358 g/mol. The number of thioether (sulfide) groups is 1. The van der Waals surface area contributed by atoms with E-state index in [1.54, 1.807) is 23.1 Å². The number of thiophene rings is 1. The third kappa shape index (κ3) is 5.58. The molecule has 1 fully saturated rings. The van der Waals surface area contributed by atoms with E-state index < -0.39 is 0 Å². The van der Waals surface area contributed by atoms with E-state index in [1.807, 2.05) is 6.07 Å². The fourth-order valence-electron chi connectivity index (χ4n) is 2.68. The topological polar surface area (TPSA) is 45.2 Å². The lowest BCUT2D eigenvalue weighted by molar-refractivity contribution is -0.113. The molecule has 0 atom stereocenters. The van der Waals surface area contributed by atoms with E-state index in [2.05, 4.69) is 39.0 Å². The lowest BCUT2D eigenvalue weighted by atomic mass is 9.99. The summed E-state index contributed by atoms with van der Waals surface area (Å²) in [7, 11) is 0. The van der Waals surface area contributed by atoms with Crippen molar-refractivity contribution in [1.82, 2.24) is 9.88 Å². The van der Waals surface area contributed by atoms with E-state index in [0.29, 0.717) is 5.75 Å². The molecular formula is C17H23N3OS3. The van der Waals surface area contributed by atoms with Crippen molar-refractivity contribution in [2.24, 2.45) is 5.92 Å². The van der Waals surface area contributed by atoms with E-state index in [9.17, 15) is 4.79 Å². The largest absolute Gasteiger partial charge is 0.301 e. The molecule has 2 aromatic heterocycles. The number of piperidine rings is 1. The monoisotopic (exact) mass is 381 g/mol. The highest BCUT2D eigenvalue weighted by atomic mass is 32.2. The molecule has 7 heteroatoms. The first-order valence-electron chi connectivity index (χ1n) is 8.26. The second-order valence-electron chi connectivity index (χ2n) is 6.22. The van der Waals surface area contributed by atoms with Crippen LogP contribution in [0.15, 0.2) is 22.9 Å². The Morgan fingerprint density at radius 2 is 2.25 bits per heavy atom. The van der Waals surface area contributed by atoms with Crippen molar-refractivity contribution >= 4 is 45.5 Å². The van der Waals surface area contributed by atoms with Crippen LogP contribution >= 0.6 is 34.4 Å². The predicted octanol–water partition coefficient (Wildman–Crippen LogP) is 4.31. The summed E-state index contributed by atoms with van der Waals surface area (Å²) in [6.07, 6.45) is 2.55. The number of nitrogens with one attached hydrogen (secondary N) is 1. The van der Waals surface area contributed by atoms with E-state index in [4.69, 9.17) is 0 Å². The maximum Gasteiger partial charge on any atom is 0.236 e. The Morgan fingerprint density at radius 3 is 3.00 bits per heavy atom. The molecule has 1 N–H and O–H groups in total. The average Bonchev–Trinajstić information content (AvgIpc) is 3.22. The first-order chi connectivity index (χ1) is 11.7. The number of anilines is 1. The normalized spacial score (nSPS) is 16.4. The highest BCUT2D eigenvalue weighted by molar-refractivity contribution is 7.99. The molecule has 130 valence electrons. The molecule has 0 radical (unpaired) electrons. The highest BCUT2D eigenvalue weighted by Gasteiger charge is 2.17. The Morgan fingerprint density at radius 1 is 1.42 bits per heavy atom. The van der Waals surface area contributed by atoms with Gasteiger partial charge in [-0.15, -0.1) is 34.4 Å². The smallest absolute Gasteiger partial charge is 0.236 e.